The molecule has 0 aliphatic heterocycles. The van der Waals surface area contributed by atoms with E-state index in [1.807, 2.05) is 32.0 Å². The van der Waals surface area contributed by atoms with Gasteiger partial charge in [-0.05, 0) is 49.3 Å². The molecule has 3 atom stereocenters. The van der Waals surface area contributed by atoms with Crippen LogP contribution in [0.3, 0.4) is 0 Å². The molecule has 0 spiro atoms. The van der Waals surface area contributed by atoms with Gasteiger partial charge < -0.3 is 14.8 Å². The Balaban J connectivity index is 1.72. The highest BCUT2D eigenvalue weighted by molar-refractivity contribution is 5.81. The van der Waals surface area contributed by atoms with E-state index in [-0.39, 0.29) is 25.2 Å². The first-order chi connectivity index (χ1) is 11.9. The van der Waals surface area contributed by atoms with Crippen LogP contribution in [0.25, 0.3) is 0 Å². The van der Waals surface area contributed by atoms with Crippen molar-refractivity contribution in [1.82, 2.24) is 5.32 Å². The number of benzene rings is 1. The molecule has 1 amide bonds. The van der Waals surface area contributed by atoms with E-state index in [1.54, 1.807) is 0 Å². The molecule has 1 N–H and O–H groups in total. The van der Waals surface area contributed by atoms with E-state index in [9.17, 15) is 9.59 Å². The van der Waals surface area contributed by atoms with Crippen LogP contribution < -0.4 is 10.1 Å². The number of rotatable bonds is 6. The molecule has 0 aromatic heterocycles. The average molecular weight is 347 g/mol. The predicted molar refractivity (Wildman–Crippen MR) is 96.5 cm³/mol. The molecule has 1 aromatic carbocycles. The second-order valence-electron chi connectivity index (χ2n) is 7.09. The summed E-state index contributed by atoms with van der Waals surface area (Å²) < 4.78 is 10.5. The summed E-state index contributed by atoms with van der Waals surface area (Å²) in [7, 11) is 0. The third kappa shape index (κ3) is 5.48. The number of aryl methyl sites for hydroxylation is 1. The SMILES string of the molecule is Cc1cccc(OCC(=O)OCC(=O)N[C@H]2CCC[C@H](C)[C@@H]2C)c1C. The van der Waals surface area contributed by atoms with E-state index in [0.29, 0.717) is 17.6 Å². The number of carbonyl (C=O) groups is 2. The summed E-state index contributed by atoms with van der Waals surface area (Å²) in [5.74, 6) is 0.923. The smallest absolute Gasteiger partial charge is 0.344 e. The zero-order valence-electron chi connectivity index (χ0n) is 15.6. The summed E-state index contributed by atoms with van der Waals surface area (Å²) in [6.45, 7) is 7.85. The standard InChI is InChI=1S/C20H29NO4/c1-13-7-5-9-17(15(13)3)21-19(22)11-25-20(23)12-24-18-10-6-8-14(2)16(18)4/h6,8,10,13,15,17H,5,7,9,11-12H2,1-4H3,(H,21,22)/t13-,15-,17-/m0/s1. The van der Waals surface area contributed by atoms with Crippen LogP contribution in [0.2, 0.25) is 0 Å². The molecule has 2 rings (SSSR count). The molecule has 1 saturated carbocycles. The van der Waals surface area contributed by atoms with Crippen LogP contribution in [0.4, 0.5) is 0 Å². The Morgan fingerprint density at radius 1 is 1.16 bits per heavy atom. The predicted octanol–water partition coefficient (Wildman–Crippen LogP) is 3.17. The van der Waals surface area contributed by atoms with Gasteiger partial charge in [0.1, 0.15) is 5.75 Å². The van der Waals surface area contributed by atoms with E-state index < -0.39 is 5.97 Å². The summed E-state index contributed by atoms with van der Waals surface area (Å²) in [5, 5.41) is 2.99. The van der Waals surface area contributed by atoms with Crippen LogP contribution in [0, 0.1) is 25.7 Å². The Morgan fingerprint density at radius 2 is 1.92 bits per heavy atom. The van der Waals surface area contributed by atoms with Crippen molar-refractivity contribution < 1.29 is 19.1 Å². The minimum atomic E-state index is -0.541. The maximum Gasteiger partial charge on any atom is 0.344 e. The van der Waals surface area contributed by atoms with Gasteiger partial charge in [0.25, 0.3) is 5.91 Å². The number of nitrogens with one attached hydrogen (secondary N) is 1. The molecule has 0 bridgehead atoms. The third-order valence-corrected chi connectivity index (χ3v) is 5.32. The largest absolute Gasteiger partial charge is 0.482 e. The lowest BCUT2D eigenvalue weighted by Gasteiger charge is -2.34. The lowest BCUT2D eigenvalue weighted by Crippen LogP contribution is -2.45. The van der Waals surface area contributed by atoms with Crippen LogP contribution in [-0.4, -0.2) is 31.1 Å². The van der Waals surface area contributed by atoms with Crippen molar-refractivity contribution in [2.75, 3.05) is 13.2 Å². The number of hydrogen-bond acceptors (Lipinski definition) is 4. The molecule has 1 aliphatic carbocycles. The molecule has 0 saturated heterocycles. The molecule has 5 heteroatoms. The van der Waals surface area contributed by atoms with E-state index in [1.165, 1.54) is 6.42 Å². The molecule has 0 heterocycles. The number of ether oxygens (including phenoxy) is 2. The van der Waals surface area contributed by atoms with Crippen molar-refractivity contribution in [2.24, 2.45) is 11.8 Å². The number of carbonyl (C=O) groups excluding carboxylic acids is 2. The van der Waals surface area contributed by atoms with Crippen molar-refractivity contribution in [3.05, 3.63) is 29.3 Å². The Bertz CT molecular complexity index is 614. The van der Waals surface area contributed by atoms with Crippen LogP contribution in [0.15, 0.2) is 18.2 Å². The Morgan fingerprint density at radius 3 is 2.68 bits per heavy atom. The third-order valence-electron chi connectivity index (χ3n) is 5.32. The van der Waals surface area contributed by atoms with Crippen LogP contribution in [-0.2, 0) is 14.3 Å². The highest BCUT2D eigenvalue weighted by atomic mass is 16.6. The van der Waals surface area contributed by atoms with Crippen LogP contribution >= 0.6 is 0 Å². The van der Waals surface area contributed by atoms with Gasteiger partial charge in [-0.25, -0.2) is 4.79 Å². The van der Waals surface area contributed by atoms with Gasteiger partial charge in [0.2, 0.25) is 0 Å². The molecule has 1 aliphatic rings. The van der Waals surface area contributed by atoms with Gasteiger partial charge in [0.05, 0.1) is 0 Å². The van der Waals surface area contributed by atoms with Gasteiger partial charge in [-0.1, -0.05) is 38.8 Å². The van der Waals surface area contributed by atoms with E-state index >= 15 is 0 Å². The van der Waals surface area contributed by atoms with Gasteiger partial charge in [-0.2, -0.15) is 0 Å². The second kappa shape index (κ2) is 8.88. The minimum Gasteiger partial charge on any atom is -0.482 e. The van der Waals surface area contributed by atoms with E-state index in [0.717, 1.165) is 24.0 Å². The fourth-order valence-electron chi connectivity index (χ4n) is 3.24. The van der Waals surface area contributed by atoms with Gasteiger partial charge in [0, 0.05) is 6.04 Å². The fraction of sp³-hybridized carbons (Fsp3) is 0.600. The highest BCUT2D eigenvalue weighted by Gasteiger charge is 2.28. The number of esters is 1. The van der Waals surface area contributed by atoms with E-state index in [2.05, 4.69) is 19.2 Å². The second-order valence-corrected chi connectivity index (χ2v) is 7.09. The normalized spacial score (nSPS) is 23.0. The van der Waals surface area contributed by atoms with Gasteiger partial charge in [-0.3, -0.25) is 4.79 Å². The number of amides is 1. The van der Waals surface area contributed by atoms with Gasteiger partial charge >= 0.3 is 5.97 Å². The lowest BCUT2D eigenvalue weighted by atomic mass is 9.78. The topological polar surface area (TPSA) is 64.6 Å². The maximum absolute atomic E-state index is 12.0. The van der Waals surface area contributed by atoms with Crippen molar-refractivity contribution in [2.45, 2.75) is 53.0 Å². The van der Waals surface area contributed by atoms with Crippen molar-refractivity contribution >= 4 is 11.9 Å². The summed E-state index contributed by atoms with van der Waals surface area (Å²) >= 11 is 0. The Kier molecular flexibility index (Phi) is 6.85. The molecule has 5 nitrogen and oxygen atoms in total. The maximum atomic E-state index is 12.0. The Labute approximate surface area is 150 Å². The van der Waals surface area contributed by atoms with Crippen LogP contribution in [0.1, 0.15) is 44.2 Å². The molecular formula is C20H29NO4. The van der Waals surface area contributed by atoms with Crippen molar-refractivity contribution in [3.8, 4) is 5.75 Å². The molecule has 25 heavy (non-hydrogen) atoms. The quantitative estimate of drug-likeness (QED) is 0.803. The van der Waals surface area contributed by atoms with Crippen molar-refractivity contribution in [3.63, 3.8) is 0 Å². The first-order valence-corrected chi connectivity index (χ1v) is 9.02. The lowest BCUT2D eigenvalue weighted by molar-refractivity contribution is -0.150. The number of hydrogen-bond donors (Lipinski definition) is 1. The molecule has 138 valence electrons. The Hall–Kier alpha value is -2.04. The van der Waals surface area contributed by atoms with E-state index in [4.69, 9.17) is 9.47 Å². The first-order valence-electron chi connectivity index (χ1n) is 9.02. The summed E-state index contributed by atoms with van der Waals surface area (Å²) in [4.78, 5) is 23.8. The first kappa shape index (κ1) is 19.3. The molecular weight excluding hydrogens is 318 g/mol. The van der Waals surface area contributed by atoms with Crippen molar-refractivity contribution in [1.29, 1.82) is 0 Å². The monoisotopic (exact) mass is 347 g/mol. The summed E-state index contributed by atoms with van der Waals surface area (Å²) in [6.07, 6.45) is 3.32. The van der Waals surface area contributed by atoms with Gasteiger partial charge in [0.15, 0.2) is 13.2 Å². The highest BCUT2D eigenvalue weighted by Crippen LogP contribution is 2.29. The van der Waals surface area contributed by atoms with Crippen LogP contribution in [0.5, 0.6) is 5.75 Å². The van der Waals surface area contributed by atoms with Gasteiger partial charge in [-0.15, -0.1) is 0 Å². The zero-order valence-corrected chi connectivity index (χ0v) is 15.6. The minimum absolute atomic E-state index is 0.168. The summed E-state index contributed by atoms with van der Waals surface area (Å²) in [5.41, 5.74) is 2.09. The fourth-order valence-corrected chi connectivity index (χ4v) is 3.24. The molecule has 1 fully saturated rings. The summed E-state index contributed by atoms with van der Waals surface area (Å²) in [6, 6.07) is 5.84. The zero-order chi connectivity index (χ0) is 18.4. The molecule has 0 unspecified atom stereocenters. The molecule has 1 aromatic rings. The molecule has 0 radical (unpaired) electrons. The average Bonchev–Trinajstić information content (AvgIpc) is 2.58.